The molecule has 1 aliphatic rings. The number of halogens is 1. The average Bonchev–Trinajstić information content (AvgIpc) is 2.97. The molecule has 0 spiro atoms. The van der Waals surface area contributed by atoms with Gasteiger partial charge in [-0.2, -0.15) is 0 Å². The van der Waals surface area contributed by atoms with E-state index in [9.17, 15) is 0 Å². The standard InChI is InChI=1S/C18H19BrN2OS/c1-2-21(18(23)20-15-9-7-14(19)8-10-15)12-16-11-13-5-3-4-6-17(13)22-16/h3-10,16H,2,11-12H2,1H3,(H,20,23)/t16-/m1/s1. The first-order chi connectivity index (χ1) is 11.2. The van der Waals surface area contributed by atoms with Crippen LogP contribution in [0.15, 0.2) is 53.0 Å². The molecule has 0 fully saturated rings. The number of nitrogens with one attached hydrogen (secondary N) is 1. The molecule has 3 rings (SSSR count). The zero-order chi connectivity index (χ0) is 16.2. The number of benzene rings is 2. The van der Waals surface area contributed by atoms with Crippen molar-refractivity contribution in [2.75, 3.05) is 18.4 Å². The number of likely N-dealkylation sites (N-methyl/N-ethyl adjacent to an activating group) is 1. The Bertz CT molecular complexity index is 665. The lowest BCUT2D eigenvalue weighted by Gasteiger charge is -2.27. The molecule has 0 aliphatic carbocycles. The first-order valence-corrected chi connectivity index (χ1v) is 8.92. The maximum atomic E-state index is 6.02. The van der Waals surface area contributed by atoms with Gasteiger partial charge in [0.1, 0.15) is 11.9 Å². The van der Waals surface area contributed by atoms with Crippen LogP contribution in [0.1, 0.15) is 12.5 Å². The average molecular weight is 391 g/mol. The first kappa shape index (κ1) is 16.3. The number of thiocarbonyl (C=S) groups is 1. The summed E-state index contributed by atoms with van der Waals surface area (Å²) in [5.41, 5.74) is 2.27. The highest BCUT2D eigenvalue weighted by Gasteiger charge is 2.25. The Morgan fingerprint density at radius 3 is 2.70 bits per heavy atom. The highest BCUT2D eigenvalue weighted by atomic mass is 79.9. The second-order valence-electron chi connectivity index (χ2n) is 5.53. The molecule has 2 aromatic rings. The summed E-state index contributed by atoms with van der Waals surface area (Å²) in [7, 11) is 0. The van der Waals surface area contributed by atoms with Crippen LogP contribution in [0.3, 0.4) is 0 Å². The summed E-state index contributed by atoms with van der Waals surface area (Å²) in [6.45, 7) is 3.74. The van der Waals surface area contributed by atoms with Gasteiger partial charge in [-0.3, -0.25) is 0 Å². The highest BCUT2D eigenvalue weighted by Crippen LogP contribution is 2.28. The Labute approximate surface area is 150 Å². The topological polar surface area (TPSA) is 24.5 Å². The zero-order valence-corrected chi connectivity index (χ0v) is 15.4. The van der Waals surface area contributed by atoms with Gasteiger partial charge in [0.05, 0.1) is 6.54 Å². The Hall–Kier alpha value is -1.59. The minimum atomic E-state index is 0.150. The molecule has 1 aliphatic heterocycles. The van der Waals surface area contributed by atoms with Crippen LogP contribution in [0.25, 0.3) is 0 Å². The van der Waals surface area contributed by atoms with E-state index in [0.29, 0.717) is 0 Å². The molecule has 120 valence electrons. The van der Waals surface area contributed by atoms with Crippen LogP contribution < -0.4 is 10.1 Å². The lowest BCUT2D eigenvalue weighted by atomic mass is 10.1. The first-order valence-electron chi connectivity index (χ1n) is 7.71. The molecule has 1 heterocycles. The molecule has 0 unspecified atom stereocenters. The van der Waals surface area contributed by atoms with E-state index < -0.39 is 0 Å². The molecule has 0 aromatic heterocycles. The fourth-order valence-electron chi connectivity index (χ4n) is 2.69. The lowest BCUT2D eigenvalue weighted by molar-refractivity contribution is 0.194. The van der Waals surface area contributed by atoms with Crippen molar-refractivity contribution in [3.05, 3.63) is 58.6 Å². The SMILES string of the molecule is CCN(C[C@H]1Cc2ccccc2O1)C(=S)Nc1ccc(Br)cc1. The van der Waals surface area contributed by atoms with Gasteiger partial charge in [0, 0.05) is 23.1 Å². The smallest absolute Gasteiger partial charge is 0.173 e. The quantitative estimate of drug-likeness (QED) is 0.778. The van der Waals surface area contributed by atoms with Crippen LogP contribution in [0.2, 0.25) is 0 Å². The number of ether oxygens (including phenoxy) is 1. The van der Waals surface area contributed by atoms with Crippen molar-refractivity contribution in [1.29, 1.82) is 0 Å². The highest BCUT2D eigenvalue weighted by molar-refractivity contribution is 9.10. The van der Waals surface area contributed by atoms with Crippen molar-refractivity contribution >= 4 is 38.9 Å². The third-order valence-corrected chi connectivity index (χ3v) is 4.79. The molecule has 0 radical (unpaired) electrons. The number of nitrogens with zero attached hydrogens (tertiary/aromatic N) is 1. The van der Waals surface area contributed by atoms with Gasteiger partial charge in [-0.05, 0) is 55.0 Å². The largest absolute Gasteiger partial charge is 0.488 e. The third kappa shape index (κ3) is 4.03. The number of hydrogen-bond acceptors (Lipinski definition) is 2. The van der Waals surface area contributed by atoms with E-state index >= 15 is 0 Å². The van der Waals surface area contributed by atoms with Crippen molar-refractivity contribution in [3.8, 4) is 5.75 Å². The maximum absolute atomic E-state index is 6.02. The zero-order valence-electron chi connectivity index (χ0n) is 13.0. The van der Waals surface area contributed by atoms with E-state index in [1.165, 1.54) is 5.56 Å². The van der Waals surface area contributed by atoms with Crippen LogP contribution in [0.5, 0.6) is 5.75 Å². The molecular formula is C18H19BrN2OS. The fourth-order valence-corrected chi connectivity index (χ4v) is 3.28. The molecular weight excluding hydrogens is 372 g/mol. The molecule has 0 bridgehead atoms. The van der Waals surface area contributed by atoms with E-state index in [1.54, 1.807) is 0 Å². The predicted octanol–water partition coefficient (Wildman–Crippen LogP) is 4.47. The number of hydrogen-bond donors (Lipinski definition) is 1. The molecule has 0 saturated heterocycles. The van der Waals surface area contributed by atoms with Crippen molar-refractivity contribution in [2.45, 2.75) is 19.4 Å². The normalized spacial score (nSPS) is 15.7. The molecule has 0 amide bonds. The van der Waals surface area contributed by atoms with Crippen LogP contribution in [0.4, 0.5) is 5.69 Å². The van der Waals surface area contributed by atoms with Crippen LogP contribution >= 0.6 is 28.1 Å². The number of anilines is 1. The Morgan fingerprint density at radius 1 is 1.26 bits per heavy atom. The van der Waals surface area contributed by atoms with Gasteiger partial charge in [-0.15, -0.1) is 0 Å². The van der Waals surface area contributed by atoms with E-state index in [1.807, 2.05) is 36.4 Å². The van der Waals surface area contributed by atoms with E-state index in [0.717, 1.165) is 40.5 Å². The minimum absolute atomic E-state index is 0.150. The van der Waals surface area contributed by atoms with Gasteiger partial charge in [0.25, 0.3) is 0 Å². The Morgan fingerprint density at radius 2 is 2.00 bits per heavy atom. The van der Waals surface area contributed by atoms with Gasteiger partial charge >= 0.3 is 0 Å². The minimum Gasteiger partial charge on any atom is -0.488 e. The summed E-state index contributed by atoms with van der Waals surface area (Å²) >= 11 is 9.00. The molecule has 5 heteroatoms. The van der Waals surface area contributed by atoms with Crippen molar-refractivity contribution < 1.29 is 4.74 Å². The molecule has 1 atom stereocenters. The predicted molar refractivity (Wildman–Crippen MR) is 102 cm³/mol. The van der Waals surface area contributed by atoms with Crippen molar-refractivity contribution in [3.63, 3.8) is 0 Å². The van der Waals surface area contributed by atoms with Gasteiger partial charge < -0.3 is 15.0 Å². The lowest BCUT2D eigenvalue weighted by Crippen LogP contribution is -2.41. The van der Waals surface area contributed by atoms with E-state index in [-0.39, 0.29) is 6.10 Å². The van der Waals surface area contributed by atoms with Crippen LogP contribution in [0, 0.1) is 0 Å². The summed E-state index contributed by atoms with van der Waals surface area (Å²) in [6.07, 6.45) is 1.09. The van der Waals surface area contributed by atoms with Crippen molar-refractivity contribution in [2.24, 2.45) is 0 Å². The van der Waals surface area contributed by atoms with E-state index in [4.69, 9.17) is 17.0 Å². The molecule has 1 N–H and O–H groups in total. The fraction of sp³-hybridized carbons (Fsp3) is 0.278. The third-order valence-electron chi connectivity index (χ3n) is 3.90. The van der Waals surface area contributed by atoms with Crippen LogP contribution in [-0.2, 0) is 6.42 Å². The molecule has 0 saturated carbocycles. The van der Waals surface area contributed by atoms with Crippen LogP contribution in [-0.4, -0.2) is 29.2 Å². The molecule has 3 nitrogen and oxygen atoms in total. The van der Waals surface area contributed by atoms with Crippen molar-refractivity contribution in [1.82, 2.24) is 4.90 Å². The molecule has 23 heavy (non-hydrogen) atoms. The summed E-state index contributed by atoms with van der Waals surface area (Å²) in [4.78, 5) is 2.15. The summed E-state index contributed by atoms with van der Waals surface area (Å²) < 4.78 is 7.07. The second kappa shape index (κ2) is 7.32. The number of rotatable bonds is 4. The van der Waals surface area contributed by atoms with Gasteiger partial charge in [-0.25, -0.2) is 0 Å². The van der Waals surface area contributed by atoms with Gasteiger partial charge in [0.2, 0.25) is 0 Å². The number of para-hydroxylation sites is 1. The van der Waals surface area contributed by atoms with Gasteiger partial charge in [-0.1, -0.05) is 34.1 Å². The molecule has 2 aromatic carbocycles. The summed E-state index contributed by atoms with van der Waals surface area (Å²) in [5, 5.41) is 4.03. The van der Waals surface area contributed by atoms with Gasteiger partial charge in [0.15, 0.2) is 5.11 Å². The Kier molecular flexibility index (Phi) is 5.18. The van der Waals surface area contributed by atoms with E-state index in [2.05, 4.69) is 45.2 Å². The number of fused-ring (bicyclic) bond motifs is 1. The summed E-state index contributed by atoms with van der Waals surface area (Å²) in [5.74, 6) is 1.00. The Balaban J connectivity index is 1.59. The maximum Gasteiger partial charge on any atom is 0.173 e. The monoisotopic (exact) mass is 390 g/mol. The summed E-state index contributed by atoms with van der Waals surface area (Å²) in [6, 6.07) is 16.2. The second-order valence-corrected chi connectivity index (χ2v) is 6.83.